The van der Waals surface area contributed by atoms with Gasteiger partial charge in [0.25, 0.3) is 0 Å². The van der Waals surface area contributed by atoms with Gasteiger partial charge in [0, 0.05) is 31.0 Å². The first-order valence-corrected chi connectivity index (χ1v) is 5.51. The standard InChI is InChI=1S/C12H17FN2O/c1-9-7-15(8-12(2,3)16-9)10-4-5-14-11(13)6-10/h4-6,9H,7-8H2,1-3H3. The van der Waals surface area contributed by atoms with Gasteiger partial charge in [0.05, 0.1) is 11.7 Å². The number of hydrogen-bond acceptors (Lipinski definition) is 3. The molecule has 0 amide bonds. The lowest BCUT2D eigenvalue weighted by molar-refractivity contribution is -0.0749. The molecule has 0 aromatic carbocycles. The van der Waals surface area contributed by atoms with E-state index in [9.17, 15) is 4.39 Å². The summed E-state index contributed by atoms with van der Waals surface area (Å²) in [5.74, 6) is -0.436. The summed E-state index contributed by atoms with van der Waals surface area (Å²) in [6, 6.07) is 3.30. The topological polar surface area (TPSA) is 25.4 Å². The van der Waals surface area contributed by atoms with Gasteiger partial charge in [0.15, 0.2) is 0 Å². The van der Waals surface area contributed by atoms with Gasteiger partial charge in [-0.1, -0.05) is 0 Å². The third-order valence-electron chi connectivity index (χ3n) is 2.64. The van der Waals surface area contributed by atoms with Gasteiger partial charge in [-0.25, -0.2) is 4.98 Å². The number of morpholine rings is 1. The van der Waals surface area contributed by atoms with Crippen molar-refractivity contribution in [3.8, 4) is 0 Å². The van der Waals surface area contributed by atoms with Crippen molar-refractivity contribution in [3.63, 3.8) is 0 Å². The Labute approximate surface area is 95.2 Å². The molecule has 2 heterocycles. The van der Waals surface area contributed by atoms with E-state index < -0.39 is 5.95 Å². The quantitative estimate of drug-likeness (QED) is 0.684. The predicted molar refractivity (Wildman–Crippen MR) is 61.0 cm³/mol. The van der Waals surface area contributed by atoms with E-state index in [1.165, 1.54) is 12.3 Å². The lowest BCUT2D eigenvalue weighted by atomic mass is 10.1. The van der Waals surface area contributed by atoms with Crippen LogP contribution in [0.2, 0.25) is 0 Å². The smallest absolute Gasteiger partial charge is 0.214 e. The van der Waals surface area contributed by atoms with Crippen LogP contribution in [-0.4, -0.2) is 29.8 Å². The molecule has 0 spiro atoms. The fraction of sp³-hybridized carbons (Fsp3) is 0.583. The zero-order valence-corrected chi connectivity index (χ0v) is 9.90. The van der Waals surface area contributed by atoms with Gasteiger partial charge < -0.3 is 9.64 Å². The summed E-state index contributed by atoms with van der Waals surface area (Å²) < 4.78 is 18.8. The van der Waals surface area contributed by atoms with Gasteiger partial charge >= 0.3 is 0 Å². The van der Waals surface area contributed by atoms with Crippen molar-refractivity contribution in [1.29, 1.82) is 0 Å². The Balaban J connectivity index is 2.21. The van der Waals surface area contributed by atoms with Crippen molar-refractivity contribution < 1.29 is 9.13 Å². The summed E-state index contributed by atoms with van der Waals surface area (Å²) in [5, 5.41) is 0. The van der Waals surface area contributed by atoms with Gasteiger partial charge in [-0.05, 0) is 26.8 Å². The van der Waals surface area contributed by atoms with Crippen LogP contribution in [0.4, 0.5) is 10.1 Å². The first-order valence-electron chi connectivity index (χ1n) is 5.51. The highest BCUT2D eigenvalue weighted by atomic mass is 19.1. The van der Waals surface area contributed by atoms with Crippen molar-refractivity contribution in [3.05, 3.63) is 24.3 Å². The van der Waals surface area contributed by atoms with Crippen molar-refractivity contribution in [2.45, 2.75) is 32.5 Å². The van der Waals surface area contributed by atoms with Crippen LogP contribution in [-0.2, 0) is 4.74 Å². The number of anilines is 1. The summed E-state index contributed by atoms with van der Waals surface area (Å²) in [7, 11) is 0. The molecule has 1 aliphatic heterocycles. The number of ether oxygens (including phenoxy) is 1. The van der Waals surface area contributed by atoms with E-state index in [2.05, 4.69) is 9.88 Å². The Morgan fingerprint density at radius 3 is 2.94 bits per heavy atom. The molecule has 88 valence electrons. The molecule has 1 atom stereocenters. The molecular weight excluding hydrogens is 207 g/mol. The number of halogens is 1. The molecule has 0 radical (unpaired) electrons. The van der Waals surface area contributed by atoms with Crippen LogP contribution in [0.15, 0.2) is 18.3 Å². The molecule has 0 saturated carbocycles. The molecule has 1 saturated heterocycles. The van der Waals surface area contributed by atoms with Crippen LogP contribution in [0.5, 0.6) is 0 Å². The third-order valence-corrected chi connectivity index (χ3v) is 2.64. The monoisotopic (exact) mass is 224 g/mol. The summed E-state index contributed by atoms with van der Waals surface area (Å²) in [5.41, 5.74) is 0.674. The Morgan fingerprint density at radius 1 is 1.56 bits per heavy atom. The molecule has 0 N–H and O–H groups in total. The van der Waals surface area contributed by atoms with Gasteiger partial charge in [-0.15, -0.1) is 0 Å². The van der Waals surface area contributed by atoms with Crippen LogP contribution in [0, 0.1) is 5.95 Å². The highest BCUT2D eigenvalue weighted by Crippen LogP contribution is 2.25. The molecule has 1 fully saturated rings. The van der Waals surface area contributed by atoms with Crippen LogP contribution in [0.1, 0.15) is 20.8 Å². The lowest BCUT2D eigenvalue weighted by Gasteiger charge is -2.42. The number of aromatic nitrogens is 1. The van der Waals surface area contributed by atoms with Crippen molar-refractivity contribution in [1.82, 2.24) is 4.98 Å². The average molecular weight is 224 g/mol. The maximum atomic E-state index is 13.0. The molecule has 4 heteroatoms. The second kappa shape index (κ2) is 4.01. The zero-order valence-electron chi connectivity index (χ0n) is 9.90. The average Bonchev–Trinajstić information content (AvgIpc) is 2.14. The molecule has 1 aliphatic rings. The molecule has 2 rings (SSSR count). The molecule has 16 heavy (non-hydrogen) atoms. The van der Waals surface area contributed by atoms with Crippen LogP contribution < -0.4 is 4.90 Å². The molecule has 1 unspecified atom stereocenters. The van der Waals surface area contributed by atoms with Crippen LogP contribution >= 0.6 is 0 Å². The minimum atomic E-state index is -0.436. The lowest BCUT2D eigenvalue weighted by Crippen LogP contribution is -2.52. The maximum absolute atomic E-state index is 13.0. The highest BCUT2D eigenvalue weighted by Gasteiger charge is 2.31. The Bertz CT molecular complexity index is 381. The second-order valence-corrected chi connectivity index (χ2v) is 4.91. The SMILES string of the molecule is CC1CN(c2ccnc(F)c2)CC(C)(C)O1. The molecular formula is C12H17FN2O. The van der Waals surface area contributed by atoms with Gasteiger partial charge in [0.2, 0.25) is 5.95 Å². The van der Waals surface area contributed by atoms with Gasteiger partial charge in [-0.3, -0.25) is 0 Å². The van der Waals surface area contributed by atoms with Crippen molar-refractivity contribution >= 4 is 5.69 Å². The van der Waals surface area contributed by atoms with E-state index in [0.29, 0.717) is 0 Å². The third kappa shape index (κ3) is 2.50. The Kier molecular flexibility index (Phi) is 2.84. The Hall–Kier alpha value is -1.16. The minimum Gasteiger partial charge on any atom is -0.369 e. The minimum absolute atomic E-state index is 0.153. The molecule has 3 nitrogen and oxygen atoms in total. The van der Waals surface area contributed by atoms with E-state index in [-0.39, 0.29) is 11.7 Å². The maximum Gasteiger partial charge on any atom is 0.214 e. The van der Waals surface area contributed by atoms with E-state index >= 15 is 0 Å². The zero-order chi connectivity index (χ0) is 11.8. The first-order chi connectivity index (χ1) is 7.46. The second-order valence-electron chi connectivity index (χ2n) is 4.91. The van der Waals surface area contributed by atoms with Gasteiger partial charge in [-0.2, -0.15) is 4.39 Å². The van der Waals surface area contributed by atoms with Crippen LogP contribution in [0.3, 0.4) is 0 Å². The number of nitrogens with zero attached hydrogens (tertiary/aromatic N) is 2. The van der Waals surface area contributed by atoms with Gasteiger partial charge in [0.1, 0.15) is 0 Å². The van der Waals surface area contributed by atoms with E-state index in [0.717, 1.165) is 18.8 Å². The Morgan fingerprint density at radius 2 is 2.31 bits per heavy atom. The van der Waals surface area contributed by atoms with E-state index in [1.807, 2.05) is 26.8 Å². The molecule has 0 aliphatic carbocycles. The predicted octanol–water partition coefficient (Wildman–Crippen LogP) is 2.22. The first kappa shape index (κ1) is 11.3. The molecule has 1 aromatic heterocycles. The number of rotatable bonds is 1. The summed E-state index contributed by atoms with van der Waals surface area (Å²) in [6.07, 6.45) is 1.65. The van der Waals surface area contributed by atoms with Crippen molar-refractivity contribution in [2.75, 3.05) is 18.0 Å². The highest BCUT2D eigenvalue weighted by molar-refractivity contribution is 5.46. The van der Waals surface area contributed by atoms with E-state index in [1.54, 1.807) is 0 Å². The fourth-order valence-corrected chi connectivity index (χ4v) is 2.24. The summed E-state index contributed by atoms with van der Waals surface area (Å²) >= 11 is 0. The summed E-state index contributed by atoms with van der Waals surface area (Å²) in [4.78, 5) is 5.70. The largest absolute Gasteiger partial charge is 0.369 e. The van der Waals surface area contributed by atoms with E-state index in [4.69, 9.17) is 4.74 Å². The molecule has 0 bridgehead atoms. The molecule has 1 aromatic rings. The van der Waals surface area contributed by atoms with Crippen molar-refractivity contribution in [2.24, 2.45) is 0 Å². The van der Waals surface area contributed by atoms with Crippen LogP contribution in [0.25, 0.3) is 0 Å². The number of pyridine rings is 1. The normalized spacial score (nSPS) is 24.5. The number of hydrogen-bond donors (Lipinski definition) is 0. The summed E-state index contributed by atoms with van der Waals surface area (Å²) in [6.45, 7) is 7.68. The fourth-order valence-electron chi connectivity index (χ4n) is 2.24.